The van der Waals surface area contributed by atoms with Crippen LogP contribution >= 0.6 is 11.6 Å². The molecule has 0 spiro atoms. The number of aryl methyl sites for hydroxylation is 1. The Bertz CT molecular complexity index is 322. The summed E-state index contributed by atoms with van der Waals surface area (Å²) >= 11 is 5.78. The van der Waals surface area contributed by atoms with Crippen molar-refractivity contribution in [2.45, 2.75) is 19.2 Å². The van der Waals surface area contributed by atoms with Gasteiger partial charge < -0.3 is 9.32 Å². The smallest absolute Gasteiger partial charge is 0.291 e. The molecule has 1 aromatic heterocycles. The summed E-state index contributed by atoms with van der Waals surface area (Å²) in [5.41, 5.74) is 0.601. The molecule has 0 saturated carbocycles. The average Bonchev–Trinajstić information content (AvgIpc) is 2.48. The molecular weight excluding hydrogens is 204 g/mol. The molecule has 1 atom stereocenters. The van der Waals surface area contributed by atoms with Gasteiger partial charge in [-0.15, -0.1) is 11.6 Å². The molecule has 1 aromatic rings. The molecule has 1 amide bonds. The number of hydrogen-bond donors (Lipinski definition) is 0. The van der Waals surface area contributed by atoms with Crippen molar-refractivity contribution in [3.63, 3.8) is 0 Å². The summed E-state index contributed by atoms with van der Waals surface area (Å²) in [6, 6.07) is 0. The maximum absolute atomic E-state index is 11.7. The normalized spacial score (nSPS) is 12.6. The Morgan fingerprint density at radius 3 is 2.86 bits per heavy atom. The topological polar surface area (TPSA) is 46.3 Å². The van der Waals surface area contributed by atoms with Gasteiger partial charge in [0.15, 0.2) is 6.39 Å². The predicted octanol–water partition coefficient (Wildman–Crippen LogP) is 1.68. The fraction of sp³-hybridized carbons (Fsp3) is 0.556. The Morgan fingerprint density at radius 2 is 2.43 bits per heavy atom. The van der Waals surface area contributed by atoms with Gasteiger partial charge in [-0.1, -0.05) is 0 Å². The van der Waals surface area contributed by atoms with Crippen molar-refractivity contribution < 1.29 is 9.21 Å². The molecule has 4 nitrogen and oxygen atoms in total. The Labute approximate surface area is 87.9 Å². The van der Waals surface area contributed by atoms with Gasteiger partial charge in [-0.2, -0.15) is 0 Å². The van der Waals surface area contributed by atoms with Gasteiger partial charge >= 0.3 is 0 Å². The lowest BCUT2D eigenvalue weighted by Gasteiger charge is -2.16. The molecule has 0 saturated heterocycles. The predicted molar refractivity (Wildman–Crippen MR) is 53.5 cm³/mol. The van der Waals surface area contributed by atoms with E-state index < -0.39 is 0 Å². The molecular formula is C9H13ClN2O2. The van der Waals surface area contributed by atoms with E-state index in [0.29, 0.717) is 12.2 Å². The molecule has 0 radical (unpaired) electrons. The summed E-state index contributed by atoms with van der Waals surface area (Å²) in [6.45, 7) is 4.05. The number of halogens is 1. The van der Waals surface area contributed by atoms with E-state index in [0.717, 1.165) is 0 Å². The fourth-order valence-electron chi connectivity index (χ4n) is 1.14. The van der Waals surface area contributed by atoms with Crippen LogP contribution in [-0.4, -0.2) is 34.8 Å². The summed E-state index contributed by atoms with van der Waals surface area (Å²) in [5, 5.41) is -0.0767. The summed E-state index contributed by atoms with van der Waals surface area (Å²) in [5.74, 6) is 0.0947. The van der Waals surface area contributed by atoms with Crippen LogP contribution in [0.4, 0.5) is 0 Å². The molecule has 1 heterocycles. The van der Waals surface area contributed by atoms with Gasteiger partial charge in [0, 0.05) is 19.0 Å². The summed E-state index contributed by atoms with van der Waals surface area (Å²) in [4.78, 5) is 17.1. The van der Waals surface area contributed by atoms with Crippen molar-refractivity contribution in [1.29, 1.82) is 0 Å². The number of oxazole rings is 1. The van der Waals surface area contributed by atoms with Crippen LogP contribution in [0.15, 0.2) is 10.8 Å². The number of rotatable bonds is 3. The average molecular weight is 217 g/mol. The van der Waals surface area contributed by atoms with E-state index in [2.05, 4.69) is 4.98 Å². The molecule has 0 aliphatic rings. The van der Waals surface area contributed by atoms with Gasteiger partial charge in [-0.25, -0.2) is 4.98 Å². The highest BCUT2D eigenvalue weighted by molar-refractivity contribution is 6.20. The van der Waals surface area contributed by atoms with Crippen LogP contribution < -0.4 is 0 Å². The number of alkyl halides is 1. The summed E-state index contributed by atoms with van der Waals surface area (Å²) < 4.78 is 4.98. The minimum atomic E-state index is -0.187. The highest BCUT2D eigenvalue weighted by Gasteiger charge is 2.19. The molecule has 0 aliphatic heterocycles. The van der Waals surface area contributed by atoms with Crippen LogP contribution in [0.25, 0.3) is 0 Å². The molecule has 0 aromatic carbocycles. The third-order valence-electron chi connectivity index (χ3n) is 1.81. The van der Waals surface area contributed by atoms with Crippen molar-refractivity contribution >= 4 is 17.5 Å². The first-order chi connectivity index (χ1) is 6.52. The number of carbonyl (C=O) groups excluding carboxylic acids is 1. The lowest BCUT2D eigenvalue weighted by Crippen LogP contribution is -2.31. The van der Waals surface area contributed by atoms with E-state index in [9.17, 15) is 4.79 Å². The van der Waals surface area contributed by atoms with Crippen molar-refractivity contribution in [3.05, 3.63) is 17.8 Å². The van der Waals surface area contributed by atoms with Crippen LogP contribution in [0.2, 0.25) is 0 Å². The lowest BCUT2D eigenvalue weighted by molar-refractivity contribution is 0.0763. The zero-order valence-corrected chi connectivity index (χ0v) is 9.21. The number of nitrogens with zero attached hydrogens (tertiary/aromatic N) is 2. The first kappa shape index (κ1) is 11.0. The van der Waals surface area contributed by atoms with E-state index in [1.807, 2.05) is 6.92 Å². The van der Waals surface area contributed by atoms with Gasteiger partial charge in [-0.05, 0) is 13.8 Å². The number of carbonyl (C=O) groups is 1. The fourth-order valence-corrected chi connectivity index (χ4v) is 1.35. The quantitative estimate of drug-likeness (QED) is 0.723. The molecule has 1 rings (SSSR count). The highest BCUT2D eigenvalue weighted by Crippen LogP contribution is 2.09. The van der Waals surface area contributed by atoms with Crippen LogP contribution in [0.3, 0.4) is 0 Å². The molecule has 0 N–H and O–H groups in total. The summed E-state index contributed by atoms with van der Waals surface area (Å²) in [7, 11) is 1.68. The van der Waals surface area contributed by atoms with Gasteiger partial charge in [0.1, 0.15) is 0 Å². The molecule has 0 aliphatic carbocycles. The molecule has 1 unspecified atom stereocenters. The summed E-state index contributed by atoms with van der Waals surface area (Å²) in [6.07, 6.45) is 1.26. The van der Waals surface area contributed by atoms with Crippen molar-refractivity contribution in [3.8, 4) is 0 Å². The van der Waals surface area contributed by atoms with E-state index >= 15 is 0 Å². The zero-order chi connectivity index (χ0) is 10.7. The van der Waals surface area contributed by atoms with Crippen LogP contribution in [-0.2, 0) is 0 Å². The van der Waals surface area contributed by atoms with Gasteiger partial charge in [0.25, 0.3) is 5.91 Å². The maximum atomic E-state index is 11.7. The standard InChI is InChI=1S/C9H13ClN2O2/c1-6(10)4-12(3)9(13)8-7(2)11-5-14-8/h5-6H,4H2,1-3H3. The molecule has 0 bridgehead atoms. The largest absolute Gasteiger partial charge is 0.438 e. The zero-order valence-electron chi connectivity index (χ0n) is 8.45. The Hall–Kier alpha value is -1.03. The lowest BCUT2D eigenvalue weighted by atomic mass is 10.3. The minimum Gasteiger partial charge on any atom is -0.438 e. The number of hydrogen-bond acceptors (Lipinski definition) is 3. The highest BCUT2D eigenvalue weighted by atomic mass is 35.5. The van der Waals surface area contributed by atoms with Crippen molar-refractivity contribution in [1.82, 2.24) is 9.88 Å². The first-order valence-electron chi connectivity index (χ1n) is 4.32. The third-order valence-corrected chi connectivity index (χ3v) is 1.95. The monoisotopic (exact) mass is 216 g/mol. The Balaban J connectivity index is 2.71. The number of aromatic nitrogens is 1. The van der Waals surface area contributed by atoms with Crippen LogP contribution in [0.1, 0.15) is 23.2 Å². The second-order valence-corrected chi connectivity index (χ2v) is 3.98. The Morgan fingerprint density at radius 1 is 1.79 bits per heavy atom. The van der Waals surface area contributed by atoms with Crippen LogP contribution in [0.5, 0.6) is 0 Å². The molecule has 0 fully saturated rings. The van der Waals surface area contributed by atoms with Crippen LogP contribution in [0, 0.1) is 6.92 Å². The minimum absolute atomic E-state index is 0.0767. The first-order valence-corrected chi connectivity index (χ1v) is 4.75. The third kappa shape index (κ3) is 2.48. The molecule has 14 heavy (non-hydrogen) atoms. The second-order valence-electron chi connectivity index (χ2n) is 3.23. The molecule has 5 heteroatoms. The van der Waals surface area contributed by atoms with E-state index in [1.165, 1.54) is 11.3 Å². The van der Waals surface area contributed by atoms with E-state index in [-0.39, 0.29) is 17.0 Å². The van der Waals surface area contributed by atoms with Crippen molar-refractivity contribution in [2.24, 2.45) is 0 Å². The number of amides is 1. The van der Waals surface area contributed by atoms with Gasteiger partial charge in [-0.3, -0.25) is 4.79 Å². The van der Waals surface area contributed by atoms with E-state index in [4.69, 9.17) is 16.0 Å². The van der Waals surface area contributed by atoms with E-state index in [1.54, 1.807) is 14.0 Å². The maximum Gasteiger partial charge on any atom is 0.291 e. The Kier molecular flexibility index (Phi) is 3.52. The van der Waals surface area contributed by atoms with Gasteiger partial charge in [0.2, 0.25) is 5.76 Å². The SMILES string of the molecule is Cc1ncoc1C(=O)N(C)CC(C)Cl. The van der Waals surface area contributed by atoms with Crippen molar-refractivity contribution in [2.75, 3.05) is 13.6 Å². The molecule has 78 valence electrons. The van der Waals surface area contributed by atoms with Gasteiger partial charge in [0.05, 0.1) is 5.69 Å². The second kappa shape index (κ2) is 4.46.